The molecule has 0 bridgehead atoms. The van der Waals surface area contributed by atoms with Crippen LogP contribution in [0.4, 0.5) is 5.13 Å². The number of likely N-dealkylation sites (N-methyl/N-ethyl adjacent to an activating group) is 1. The number of carbonyl (C=O) groups is 1. The van der Waals surface area contributed by atoms with Gasteiger partial charge in [0, 0.05) is 38.8 Å². The monoisotopic (exact) mass is 275 g/mol. The Kier molecular flexibility index (Phi) is 4.27. The van der Waals surface area contributed by atoms with E-state index in [1.54, 1.807) is 13.1 Å². The first-order valence-corrected chi connectivity index (χ1v) is 6.99. The van der Waals surface area contributed by atoms with E-state index in [9.17, 15) is 4.79 Å². The van der Waals surface area contributed by atoms with Crippen molar-refractivity contribution < 1.29 is 4.79 Å². The molecule has 5 heteroatoms. The minimum atomic E-state index is 0.0828. The van der Waals surface area contributed by atoms with E-state index in [4.69, 9.17) is 0 Å². The standard InChI is InChI=1S/C14H17N3OS/c1-10-13(11(2)18)19-14(16-10)17(3)9-7-12-6-4-5-8-15-12/h4-6,8H,7,9H2,1-3H3. The normalized spacial score (nSPS) is 10.5. The van der Waals surface area contributed by atoms with Crippen LogP contribution < -0.4 is 4.90 Å². The zero-order valence-electron chi connectivity index (χ0n) is 11.4. The van der Waals surface area contributed by atoms with Crippen molar-refractivity contribution in [2.24, 2.45) is 0 Å². The fourth-order valence-electron chi connectivity index (χ4n) is 1.80. The summed E-state index contributed by atoms with van der Waals surface area (Å²) in [5.41, 5.74) is 1.88. The van der Waals surface area contributed by atoms with Crippen LogP contribution >= 0.6 is 11.3 Å². The maximum absolute atomic E-state index is 11.4. The van der Waals surface area contributed by atoms with Crippen LogP contribution in [-0.4, -0.2) is 29.3 Å². The van der Waals surface area contributed by atoms with Crippen LogP contribution in [0.5, 0.6) is 0 Å². The fourth-order valence-corrected chi connectivity index (χ4v) is 2.75. The zero-order valence-corrected chi connectivity index (χ0v) is 12.2. The molecule has 0 saturated heterocycles. The Morgan fingerprint density at radius 1 is 1.42 bits per heavy atom. The summed E-state index contributed by atoms with van der Waals surface area (Å²) < 4.78 is 0. The lowest BCUT2D eigenvalue weighted by Gasteiger charge is -2.14. The summed E-state index contributed by atoms with van der Waals surface area (Å²) in [5.74, 6) is 0.0828. The van der Waals surface area contributed by atoms with Gasteiger partial charge < -0.3 is 4.90 Å². The molecule has 2 rings (SSSR count). The first kappa shape index (κ1) is 13.7. The number of ketones is 1. The molecule has 19 heavy (non-hydrogen) atoms. The molecule has 0 spiro atoms. The number of aromatic nitrogens is 2. The SMILES string of the molecule is CC(=O)c1sc(N(C)CCc2ccccn2)nc1C. The number of anilines is 1. The van der Waals surface area contributed by atoms with Gasteiger partial charge in [0.25, 0.3) is 0 Å². The molecule has 0 N–H and O–H groups in total. The molecule has 0 radical (unpaired) electrons. The Balaban J connectivity index is 2.02. The molecule has 0 aliphatic rings. The quantitative estimate of drug-likeness (QED) is 0.787. The lowest BCUT2D eigenvalue weighted by Crippen LogP contribution is -2.20. The number of carbonyl (C=O) groups excluding carboxylic acids is 1. The third kappa shape index (κ3) is 3.38. The summed E-state index contributed by atoms with van der Waals surface area (Å²) in [6.45, 7) is 4.29. The molecule has 2 aromatic heterocycles. The summed E-state index contributed by atoms with van der Waals surface area (Å²) in [4.78, 5) is 23.0. The summed E-state index contributed by atoms with van der Waals surface area (Å²) in [6.07, 6.45) is 2.67. The van der Waals surface area contributed by atoms with Gasteiger partial charge in [-0.25, -0.2) is 4.98 Å². The van der Waals surface area contributed by atoms with Crippen molar-refractivity contribution in [2.75, 3.05) is 18.5 Å². The molecule has 0 aliphatic heterocycles. The lowest BCUT2D eigenvalue weighted by molar-refractivity contribution is 0.102. The Morgan fingerprint density at radius 2 is 2.21 bits per heavy atom. The van der Waals surface area contributed by atoms with Crippen LogP contribution in [0.1, 0.15) is 28.0 Å². The highest BCUT2D eigenvalue weighted by molar-refractivity contribution is 7.17. The molecule has 0 fully saturated rings. The number of pyridine rings is 1. The molecule has 2 aromatic rings. The Bertz CT molecular complexity index is 565. The second-order valence-corrected chi connectivity index (χ2v) is 5.44. The van der Waals surface area contributed by atoms with E-state index >= 15 is 0 Å². The van der Waals surface area contributed by atoms with Gasteiger partial charge in [0.1, 0.15) is 0 Å². The van der Waals surface area contributed by atoms with E-state index in [0.717, 1.165) is 34.4 Å². The molecular weight excluding hydrogens is 258 g/mol. The Labute approximate surface area is 117 Å². The highest BCUT2D eigenvalue weighted by atomic mass is 32.1. The number of rotatable bonds is 5. The van der Waals surface area contributed by atoms with Gasteiger partial charge in [0.05, 0.1) is 10.6 Å². The predicted molar refractivity (Wildman–Crippen MR) is 78.1 cm³/mol. The van der Waals surface area contributed by atoms with Crippen molar-refractivity contribution >= 4 is 22.3 Å². The molecule has 100 valence electrons. The first-order valence-electron chi connectivity index (χ1n) is 6.17. The van der Waals surface area contributed by atoms with Crippen LogP contribution in [-0.2, 0) is 6.42 Å². The average Bonchev–Trinajstić information content (AvgIpc) is 2.79. The Hall–Kier alpha value is -1.75. The maximum Gasteiger partial charge on any atom is 0.185 e. The molecule has 0 unspecified atom stereocenters. The van der Waals surface area contributed by atoms with Crippen molar-refractivity contribution in [2.45, 2.75) is 20.3 Å². The van der Waals surface area contributed by atoms with Crippen molar-refractivity contribution in [3.8, 4) is 0 Å². The molecule has 4 nitrogen and oxygen atoms in total. The van der Waals surface area contributed by atoms with Gasteiger partial charge in [-0.3, -0.25) is 9.78 Å². The van der Waals surface area contributed by atoms with E-state index in [0.29, 0.717) is 0 Å². The molecule has 0 amide bonds. The van der Waals surface area contributed by atoms with Crippen molar-refractivity contribution in [1.29, 1.82) is 0 Å². The van der Waals surface area contributed by atoms with Gasteiger partial charge in [-0.1, -0.05) is 17.4 Å². The number of Topliss-reactive ketones (excluding diaryl/α,β-unsaturated/α-hetero) is 1. The van der Waals surface area contributed by atoms with E-state index in [-0.39, 0.29) is 5.78 Å². The van der Waals surface area contributed by atoms with Crippen LogP contribution in [0.25, 0.3) is 0 Å². The second-order valence-electron chi connectivity index (χ2n) is 4.46. The zero-order chi connectivity index (χ0) is 13.8. The van der Waals surface area contributed by atoms with Gasteiger partial charge in [0.2, 0.25) is 0 Å². The highest BCUT2D eigenvalue weighted by Crippen LogP contribution is 2.25. The van der Waals surface area contributed by atoms with Crippen molar-refractivity contribution in [3.63, 3.8) is 0 Å². The molecule has 2 heterocycles. The van der Waals surface area contributed by atoms with Gasteiger partial charge >= 0.3 is 0 Å². The molecule has 0 aliphatic carbocycles. The predicted octanol–water partition coefficient (Wildman–Crippen LogP) is 2.73. The van der Waals surface area contributed by atoms with Crippen LogP contribution in [0.2, 0.25) is 0 Å². The van der Waals surface area contributed by atoms with E-state index in [1.165, 1.54) is 11.3 Å². The Morgan fingerprint density at radius 3 is 2.79 bits per heavy atom. The smallest absolute Gasteiger partial charge is 0.185 e. The fraction of sp³-hybridized carbons (Fsp3) is 0.357. The largest absolute Gasteiger partial charge is 0.351 e. The van der Waals surface area contributed by atoms with Crippen molar-refractivity contribution in [3.05, 3.63) is 40.7 Å². The minimum absolute atomic E-state index is 0.0828. The summed E-state index contributed by atoms with van der Waals surface area (Å²) in [6, 6.07) is 5.92. The van der Waals surface area contributed by atoms with E-state index in [2.05, 4.69) is 14.9 Å². The summed E-state index contributed by atoms with van der Waals surface area (Å²) >= 11 is 1.46. The summed E-state index contributed by atoms with van der Waals surface area (Å²) in [7, 11) is 1.99. The topological polar surface area (TPSA) is 46.1 Å². The number of hydrogen-bond donors (Lipinski definition) is 0. The van der Waals surface area contributed by atoms with E-state index < -0.39 is 0 Å². The van der Waals surface area contributed by atoms with Gasteiger partial charge in [-0.2, -0.15) is 0 Å². The third-order valence-electron chi connectivity index (χ3n) is 2.86. The van der Waals surface area contributed by atoms with E-state index in [1.807, 2.05) is 32.2 Å². The number of hydrogen-bond acceptors (Lipinski definition) is 5. The molecular formula is C14H17N3OS. The number of nitrogens with zero attached hydrogens (tertiary/aromatic N) is 3. The van der Waals surface area contributed by atoms with Crippen LogP contribution in [0, 0.1) is 6.92 Å². The molecule has 0 saturated carbocycles. The maximum atomic E-state index is 11.4. The van der Waals surface area contributed by atoms with Crippen molar-refractivity contribution in [1.82, 2.24) is 9.97 Å². The third-order valence-corrected chi connectivity index (χ3v) is 4.23. The molecule has 0 atom stereocenters. The van der Waals surface area contributed by atoms with Gasteiger partial charge in [0.15, 0.2) is 10.9 Å². The van der Waals surface area contributed by atoms with Gasteiger partial charge in [-0.15, -0.1) is 0 Å². The molecule has 0 aromatic carbocycles. The second kappa shape index (κ2) is 5.93. The number of aryl methyl sites for hydroxylation is 1. The van der Waals surface area contributed by atoms with Gasteiger partial charge in [-0.05, 0) is 19.1 Å². The first-order chi connectivity index (χ1) is 9.08. The lowest BCUT2D eigenvalue weighted by atomic mass is 10.2. The van der Waals surface area contributed by atoms with Crippen LogP contribution in [0.3, 0.4) is 0 Å². The summed E-state index contributed by atoms with van der Waals surface area (Å²) in [5, 5.41) is 0.888. The van der Waals surface area contributed by atoms with Crippen LogP contribution in [0.15, 0.2) is 24.4 Å². The number of thiazole rings is 1. The minimum Gasteiger partial charge on any atom is -0.351 e. The average molecular weight is 275 g/mol. The highest BCUT2D eigenvalue weighted by Gasteiger charge is 2.14.